The molecule has 0 aromatic carbocycles. The highest BCUT2D eigenvalue weighted by Crippen LogP contribution is 2.18. The molecule has 1 saturated heterocycles. The molecule has 1 aromatic rings. The lowest BCUT2D eigenvalue weighted by Crippen LogP contribution is -2.45. The van der Waals surface area contributed by atoms with Gasteiger partial charge in [-0.1, -0.05) is 0 Å². The normalized spacial score (nSPS) is 18.5. The molecule has 1 aliphatic rings. The highest BCUT2D eigenvalue weighted by Gasteiger charge is 2.27. The van der Waals surface area contributed by atoms with Crippen LogP contribution in [-0.2, 0) is 16.6 Å². The predicted molar refractivity (Wildman–Crippen MR) is 78.9 cm³/mol. The summed E-state index contributed by atoms with van der Waals surface area (Å²) in [4.78, 5) is 4.31. The number of aromatic nitrogens is 1. The first-order valence-electron chi connectivity index (χ1n) is 6.78. The van der Waals surface area contributed by atoms with Gasteiger partial charge >= 0.3 is 0 Å². The van der Waals surface area contributed by atoms with Gasteiger partial charge in [-0.2, -0.15) is 12.7 Å². The van der Waals surface area contributed by atoms with Gasteiger partial charge in [0.15, 0.2) is 0 Å². The largest absolute Gasteiger partial charge is 0.396 e. The number of piperidine rings is 1. The Bertz CT molecular complexity index is 522. The molecular weight excluding hydrogens is 298 g/mol. The van der Waals surface area contributed by atoms with Crippen LogP contribution >= 0.6 is 11.3 Å². The molecule has 0 radical (unpaired) electrons. The Morgan fingerprint density at radius 3 is 2.75 bits per heavy atom. The molecule has 1 aromatic heterocycles. The number of rotatable bonds is 6. The van der Waals surface area contributed by atoms with E-state index in [1.165, 1.54) is 4.31 Å². The van der Waals surface area contributed by atoms with Crippen molar-refractivity contribution in [3.8, 4) is 0 Å². The second-order valence-electron chi connectivity index (χ2n) is 5.03. The summed E-state index contributed by atoms with van der Waals surface area (Å²) in [6.07, 6.45) is 2.06. The molecule has 8 heteroatoms. The fraction of sp³-hybridized carbons (Fsp3) is 0.750. The van der Waals surface area contributed by atoms with Crippen LogP contribution in [0.4, 0.5) is 0 Å². The van der Waals surface area contributed by atoms with Gasteiger partial charge in [-0.15, -0.1) is 11.3 Å². The minimum Gasteiger partial charge on any atom is -0.396 e. The summed E-state index contributed by atoms with van der Waals surface area (Å²) in [6.45, 7) is 3.41. The lowest BCUT2D eigenvalue weighted by Gasteiger charge is -2.30. The van der Waals surface area contributed by atoms with Crippen molar-refractivity contribution in [2.75, 3.05) is 26.2 Å². The van der Waals surface area contributed by atoms with E-state index in [0.29, 0.717) is 26.1 Å². The van der Waals surface area contributed by atoms with Crippen LogP contribution in [0.3, 0.4) is 0 Å². The molecule has 0 atom stereocenters. The van der Waals surface area contributed by atoms with E-state index in [4.69, 9.17) is 5.11 Å². The Morgan fingerprint density at radius 1 is 1.50 bits per heavy atom. The van der Waals surface area contributed by atoms with Crippen LogP contribution < -0.4 is 4.72 Å². The predicted octanol–water partition coefficient (Wildman–Crippen LogP) is 0.533. The van der Waals surface area contributed by atoms with Gasteiger partial charge in [0.1, 0.15) is 0 Å². The van der Waals surface area contributed by atoms with Crippen LogP contribution in [0.25, 0.3) is 0 Å². The summed E-state index contributed by atoms with van der Waals surface area (Å²) < 4.78 is 28.3. The van der Waals surface area contributed by atoms with Gasteiger partial charge in [-0.05, 0) is 25.7 Å². The van der Waals surface area contributed by atoms with Gasteiger partial charge in [0.25, 0.3) is 10.2 Å². The van der Waals surface area contributed by atoms with Crippen molar-refractivity contribution in [2.45, 2.75) is 26.2 Å². The molecule has 2 rings (SSSR count). The van der Waals surface area contributed by atoms with Crippen molar-refractivity contribution in [3.05, 3.63) is 16.1 Å². The minimum atomic E-state index is -3.40. The fourth-order valence-corrected chi connectivity index (χ4v) is 4.14. The molecule has 0 aliphatic carbocycles. The number of aliphatic hydroxyl groups excluding tert-OH is 1. The van der Waals surface area contributed by atoms with E-state index in [1.807, 2.05) is 12.3 Å². The third-order valence-electron chi connectivity index (χ3n) is 3.50. The lowest BCUT2D eigenvalue weighted by molar-refractivity contribution is 0.169. The van der Waals surface area contributed by atoms with Gasteiger partial charge in [-0.25, -0.2) is 9.71 Å². The topological polar surface area (TPSA) is 82.5 Å². The van der Waals surface area contributed by atoms with Crippen molar-refractivity contribution in [1.29, 1.82) is 0 Å². The summed E-state index contributed by atoms with van der Waals surface area (Å²) in [5.41, 5.74) is 0.925. The summed E-state index contributed by atoms with van der Waals surface area (Å²) in [7, 11) is -3.40. The summed E-state index contributed by atoms with van der Waals surface area (Å²) >= 11 is 1.57. The van der Waals surface area contributed by atoms with Crippen LogP contribution in [0.2, 0.25) is 0 Å². The van der Waals surface area contributed by atoms with E-state index < -0.39 is 10.2 Å². The molecular formula is C12H21N3O3S2. The van der Waals surface area contributed by atoms with Crippen LogP contribution in [-0.4, -0.2) is 49.1 Å². The summed E-state index contributed by atoms with van der Waals surface area (Å²) in [6, 6.07) is 0. The smallest absolute Gasteiger partial charge is 0.279 e. The van der Waals surface area contributed by atoms with Crippen molar-refractivity contribution in [2.24, 2.45) is 5.92 Å². The first-order valence-corrected chi connectivity index (χ1v) is 9.10. The van der Waals surface area contributed by atoms with Crippen molar-refractivity contribution >= 4 is 21.5 Å². The van der Waals surface area contributed by atoms with Crippen molar-refractivity contribution in [3.63, 3.8) is 0 Å². The number of aryl methyl sites for hydroxylation is 1. The third-order valence-corrected chi connectivity index (χ3v) is 5.94. The lowest BCUT2D eigenvalue weighted by atomic mass is 10.00. The first-order chi connectivity index (χ1) is 9.51. The standard InChI is InChI=1S/C12H21N3O3S2/c1-10-14-12(9-19-10)2-5-13-20(17,18)15-6-3-11(8-16)4-7-15/h9,11,13,16H,2-8H2,1H3. The van der Waals surface area contributed by atoms with Crippen LogP contribution in [0.15, 0.2) is 5.38 Å². The fourth-order valence-electron chi connectivity index (χ4n) is 2.25. The molecule has 0 saturated carbocycles. The monoisotopic (exact) mass is 319 g/mol. The Balaban J connectivity index is 1.79. The molecule has 2 heterocycles. The third kappa shape index (κ3) is 4.23. The van der Waals surface area contributed by atoms with E-state index in [0.717, 1.165) is 23.5 Å². The molecule has 0 spiro atoms. The zero-order chi connectivity index (χ0) is 14.6. The first kappa shape index (κ1) is 15.8. The maximum absolute atomic E-state index is 12.1. The molecule has 20 heavy (non-hydrogen) atoms. The Kier molecular flexibility index (Phi) is 5.50. The Labute approximate surface area is 124 Å². The van der Waals surface area contributed by atoms with Gasteiger partial charge in [0.05, 0.1) is 10.7 Å². The highest BCUT2D eigenvalue weighted by molar-refractivity contribution is 7.87. The number of nitrogens with one attached hydrogen (secondary N) is 1. The van der Waals surface area contributed by atoms with Gasteiger partial charge in [0, 0.05) is 38.0 Å². The zero-order valence-electron chi connectivity index (χ0n) is 11.6. The minimum absolute atomic E-state index is 0.143. The zero-order valence-corrected chi connectivity index (χ0v) is 13.2. The molecule has 6 nitrogen and oxygen atoms in total. The summed E-state index contributed by atoms with van der Waals surface area (Å²) in [5, 5.41) is 12.0. The number of thiazole rings is 1. The highest BCUT2D eigenvalue weighted by atomic mass is 32.2. The van der Waals surface area contributed by atoms with Crippen molar-refractivity contribution < 1.29 is 13.5 Å². The van der Waals surface area contributed by atoms with Gasteiger partial charge in [0.2, 0.25) is 0 Å². The van der Waals surface area contributed by atoms with E-state index in [-0.39, 0.29) is 12.5 Å². The van der Waals surface area contributed by atoms with E-state index in [9.17, 15) is 8.42 Å². The average Bonchev–Trinajstić information content (AvgIpc) is 2.84. The van der Waals surface area contributed by atoms with Gasteiger partial charge < -0.3 is 5.11 Å². The second-order valence-corrected chi connectivity index (χ2v) is 7.85. The number of nitrogens with zero attached hydrogens (tertiary/aromatic N) is 2. The van der Waals surface area contributed by atoms with E-state index >= 15 is 0 Å². The van der Waals surface area contributed by atoms with Gasteiger partial charge in [-0.3, -0.25) is 0 Å². The maximum Gasteiger partial charge on any atom is 0.279 e. The molecule has 1 aliphatic heterocycles. The van der Waals surface area contributed by atoms with Crippen LogP contribution in [0.5, 0.6) is 0 Å². The van der Waals surface area contributed by atoms with Crippen molar-refractivity contribution in [1.82, 2.24) is 14.0 Å². The van der Waals surface area contributed by atoms with E-state index in [1.54, 1.807) is 11.3 Å². The maximum atomic E-state index is 12.1. The molecule has 1 fully saturated rings. The summed E-state index contributed by atoms with van der Waals surface area (Å²) in [5.74, 6) is 0.236. The number of aliphatic hydroxyl groups is 1. The number of hydrogen-bond acceptors (Lipinski definition) is 5. The van der Waals surface area contributed by atoms with Crippen LogP contribution in [0, 0.1) is 12.8 Å². The number of hydrogen-bond donors (Lipinski definition) is 2. The van der Waals surface area contributed by atoms with Crippen LogP contribution in [0.1, 0.15) is 23.5 Å². The Hall–Kier alpha value is -0.540. The SMILES string of the molecule is Cc1nc(CCNS(=O)(=O)N2CCC(CO)CC2)cs1. The quantitative estimate of drug-likeness (QED) is 0.801. The van der Waals surface area contributed by atoms with E-state index in [2.05, 4.69) is 9.71 Å². The molecule has 114 valence electrons. The molecule has 0 bridgehead atoms. The average molecular weight is 319 g/mol. The second kappa shape index (κ2) is 6.95. The Morgan fingerprint density at radius 2 is 2.20 bits per heavy atom. The molecule has 0 amide bonds. The molecule has 2 N–H and O–H groups in total. The molecule has 0 unspecified atom stereocenters.